The Morgan fingerprint density at radius 1 is 0.485 bits per heavy atom. The first-order chi connectivity index (χ1) is 33.1. The van der Waals surface area contributed by atoms with E-state index in [4.69, 9.17) is 28.4 Å². The average Bonchev–Trinajstić information content (AvgIpc) is 3.33. The topological polar surface area (TPSA) is 214 Å². The molecule has 0 bridgehead atoms. The largest absolute Gasteiger partial charge is 0.457 e. The molecule has 2 heterocycles. The minimum Gasteiger partial charge on any atom is -0.457 e. The molecule has 68 heavy (non-hydrogen) atoms. The summed E-state index contributed by atoms with van der Waals surface area (Å²) in [6.45, 7) is 3.65. The lowest BCUT2D eigenvalue weighted by Crippen LogP contribution is -2.61. The lowest BCUT2D eigenvalue weighted by atomic mass is 9.98. The molecular formula is C54H98O14. The van der Waals surface area contributed by atoms with Crippen molar-refractivity contribution in [1.29, 1.82) is 0 Å². The predicted molar refractivity (Wildman–Crippen MR) is 266 cm³/mol. The van der Waals surface area contributed by atoms with E-state index in [1.54, 1.807) is 0 Å². The Morgan fingerprint density at radius 3 is 1.44 bits per heavy atom. The Kier molecular flexibility index (Phi) is 38.3. The van der Waals surface area contributed by atoms with E-state index >= 15 is 0 Å². The van der Waals surface area contributed by atoms with Crippen molar-refractivity contribution in [3.63, 3.8) is 0 Å². The average molecular weight is 971 g/mol. The molecule has 0 aromatic rings. The summed E-state index contributed by atoms with van der Waals surface area (Å²) in [6, 6.07) is 0. The van der Waals surface area contributed by atoms with E-state index in [1.165, 1.54) is 103 Å². The molecule has 14 nitrogen and oxygen atoms in total. The molecule has 0 radical (unpaired) electrons. The Balaban J connectivity index is 1.75. The maximum absolute atomic E-state index is 13.0. The van der Waals surface area contributed by atoms with Gasteiger partial charge in [-0.15, -0.1) is 0 Å². The first-order valence-electron chi connectivity index (χ1n) is 27.1. The highest BCUT2D eigenvalue weighted by atomic mass is 16.7. The molecule has 0 aliphatic carbocycles. The van der Waals surface area contributed by atoms with Gasteiger partial charge in [-0.2, -0.15) is 0 Å². The predicted octanol–water partition coefficient (Wildman–Crippen LogP) is 8.58. The molecule has 398 valence electrons. The van der Waals surface area contributed by atoms with E-state index in [9.17, 15) is 40.5 Å². The van der Waals surface area contributed by atoms with Crippen LogP contribution < -0.4 is 0 Å². The minimum atomic E-state index is -1.71. The molecule has 0 spiro atoms. The molecule has 2 aliphatic rings. The van der Waals surface area contributed by atoms with E-state index in [0.29, 0.717) is 13.0 Å². The maximum atomic E-state index is 13.0. The highest BCUT2D eigenvalue weighted by Gasteiger charge is 2.47. The van der Waals surface area contributed by atoms with E-state index < -0.39 is 80.7 Å². The number of carbonyl (C=O) groups excluding carboxylic acids is 1. The number of carbonyl (C=O) groups is 1. The first-order valence-corrected chi connectivity index (χ1v) is 27.1. The number of hydrogen-bond acceptors (Lipinski definition) is 14. The molecule has 11 atom stereocenters. The van der Waals surface area contributed by atoms with E-state index in [0.717, 1.165) is 70.6 Å². The molecule has 2 aliphatic heterocycles. The van der Waals surface area contributed by atoms with Crippen molar-refractivity contribution in [3.8, 4) is 0 Å². The molecule has 0 amide bonds. The zero-order valence-electron chi connectivity index (χ0n) is 42.3. The summed E-state index contributed by atoms with van der Waals surface area (Å²) < 4.78 is 34.3. The second-order valence-corrected chi connectivity index (χ2v) is 19.0. The summed E-state index contributed by atoms with van der Waals surface area (Å²) in [7, 11) is 0. The Bertz CT molecular complexity index is 1260. The smallest absolute Gasteiger partial charge is 0.306 e. The molecule has 0 aromatic heterocycles. The molecule has 2 rings (SSSR count). The SMILES string of the molecule is CCCCCC/C=C\C/C=C\CCCCCCCCCCOCC(COC1OC(COC2OC(CO)C(O)C(O)C2O)C(O)C(O)C1O)OC(=O)CCCCCCC/C=C\CCCCCCCC. The monoisotopic (exact) mass is 971 g/mol. The van der Waals surface area contributed by atoms with Gasteiger partial charge in [0.1, 0.15) is 54.9 Å². The van der Waals surface area contributed by atoms with Crippen LogP contribution in [0, 0.1) is 0 Å². The van der Waals surface area contributed by atoms with Crippen molar-refractivity contribution >= 4 is 5.97 Å². The molecular weight excluding hydrogens is 873 g/mol. The molecule has 0 aromatic carbocycles. The maximum Gasteiger partial charge on any atom is 0.306 e. The van der Waals surface area contributed by atoms with Gasteiger partial charge in [-0.05, 0) is 70.6 Å². The fourth-order valence-electron chi connectivity index (χ4n) is 8.43. The zero-order chi connectivity index (χ0) is 49.5. The van der Waals surface area contributed by atoms with Gasteiger partial charge in [-0.3, -0.25) is 4.79 Å². The van der Waals surface area contributed by atoms with Crippen molar-refractivity contribution < 1.29 is 69.0 Å². The van der Waals surface area contributed by atoms with Gasteiger partial charge in [0.15, 0.2) is 12.6 Å². The van der Waals surface area contributed by atoms with E-state index in [-0.39, 0.29) is 25.6 Å². The van der Waals surface area contributed by atoms with Crippen LogP contribution in [0.25, 0.3) is 0 Å². The number of ether oxygens (including phenoxy) is 6. The Morgan fingerprint density at radius 2 is 0.912 bits per heavy atom. The highest BCUT2D eigenvalue weighted by molar-refractivity contribution is 5.69. The van der Waals surface area contributed by atoms with Gasteiger partial charge < -0.3 is 64.2 Å². The molecule has 11 unspecified atom stereocenters. The zero-order valence-corrected chi connectivity index (χ0v) is 42.3. The van der Waals surface area contributed by atoms with Crippen LogP contribution in [-0.2, 0) is 33.2 Å². The van der Waals surface area contributed by atoms with Gasteiger partial charge in [0.05, 0.1) is 26.4 Å². The fourth-order valence-corrected chi connectivity index (χ4v) is 8.43. The lowest BCUT2D eigenvalue weighted by Gasteiger charge is -2.42. The van der Waals surface area contributed by atoms with Crippen LogP contribution in [0.3, 0.4) is 0 Å². The fraction of sp³-hybridized carbons (Fsp3) is 0.870. The van der Waals surface area contributed by atoms with Crippen molar-refractivity contribution in [2.45, 2.75) is 268 Å². The second kappa shape index (κ2) is 41.8. The number of allylic oxidation sites excluding steroid dienone is 6. The molecule has 7 N–H and O–H groups in total. The third-order valence-electron chi connectivity index (χ3n) is 12.9. The van der Waals surface area contributed by atoms with Crippen LogP contribution in [0.5, 0.6) is 0 Å². The van der Waals surface area contributed by atoms with E-state index in [1.807, 2.05) is 0 Å². The summed E-state index contributed by atoms with van der Waals surface area (Å²) in [5.41, 5.74) is 0. The third-order valence-corrected chi connectivity index (χ3v) is 12.9. The summed E-state index contributed by atoms with van der Waals surface area (Å²) in [5.74, 6) is -0.386. The summed E-state index contributed by atoms with van der Waals surface area (Å²) >= 11 is 0. The van der Waals surface area contributed by atoms with Crippen molar-refractivity contribution in [3.05, 3.63) is 36.5 Å². The second-order valence-electron chi connectivity index (χ2n) is 19.0. The minimum absolute atomic E-state index is 0.0551. The molecule has 2 saturated heterocycles. The number of unbranched alkanes of at least 4 members (excludes halogenated alkanes) is 23. The Labute approximate surface area is 410 Å². The lowest BCUT2D eigenvalue weighted by molar-refractivity contribution is -0.332. The standard InChI is InChI=1S/C54H98O14/c1-3-5-7-9-11-13-15-17-19-20-21-22-24-26-28-30-32-34-36-38-63-40-43(66-46(56)37-35-33-31-29-27-25-23-18-16-14-12-10-8-6-4-2)41-64-53-52(62)50(60)48(58)45(68-53)42-65-54-51(61)49(59)47(57)44(39-55)67-54/h13,15,18-20,23,43-45,47-55,57-62H,3-12,14,16-17,21-22,24-42H2,1-2H3/b15-13-,20-19-,23-18-. The van der Waals surface area contributed by atoms with Crippen LogP contribution in [0.4, 0.5) is 0 Å². The van der Waals surface area contributed by atoms with Crippen molar-refractivity contribution in [2.75, 3.05) is 33.0 Å². The van der Waals surface area contributed by atoms with Crippen LogP contribution >= 0.6 is 0 Å². The number of aliphatic hydroxyl groups is 7. The number of hydrogen-bond donors (Lipinski definition) is 7. The van der Waals surface area contributed by atoms with Crippen LogP contribution in [0.1, 0.15) is 200 Å². The van der Waals surface area contributed by atoms with E-state index in [2.05, 4.69) is 50.3 Å². The van der Waals surface area contributed by atoms with Gasteiger partial charge in [0, 0.05) is 13.0 Å². The molecule has 14 heteroatoms. The summed E-state index contributed by atoms with van der Waals surface area (Å²) in [4.78, 5) is 13.0. The Hall–Kier alpha value is -1.79. The van der Waals surface area contributed by atoms with Crippen molar-refractivity contribution in [1.82, 2.24) is 0 Å². The number of esters is 1. The summed E-state index contributed by atoms with van der Waals surface area (Å²) in [6.07, 6.45) is 30.6. The van der Waals surface area contributed by atoms with Crippen molar-refractivity contribution in [2.24, 2.45) is 0 Å². The van der Waals surface area contributed by atoms with Gasteiger partial charge in [0.25, 0.3) is 0 Å². The van der Waals surface area contributed by atoms with Gasteiger partial charge in [0.2, 0.25) is 0 Å². The first kappa shape index (κ1) is 62.3. The van der Waals surface area contributed by atoms with Gasteiger partial charge >= 0.3 is 5.97 Å². The number of rotatable bonds is 43. The summed E-state index contributed by atoms with van der Waals surface area (Å²) in [5, 5.41) is 72.2. The quantitative estimate of drug-likeness (QED) is 0.0173. The van der Waals surface area contributed by atoms with Crippen LogP contribution in [0.15, 0.2) is 36.5 Å². The van der Waals surface area contributed by atoms with Crippen LogP contribution in [0.2, 0.25) is 0 Å². The highest BCUT2D eigenvalue weighted by Crippen LogP contribution is 2.26. The van der Waals surface area contributed by atoms with Gasteiger partial charge in [-0.1, -0.05) is 159 Å². The number of aliphatic hydroxyl groups excluding tert-OH is 7. The van der Waals surface area contributed by atoms with Gasteiger partial charge in [-0.25, -0.2) is 0 Å². The third kappa shape index (κ3) is 28.9. The molecule has 2 fully saturated rings. The van der Waals surface area contributed by atoms with Crippen LogP contribution in [-0.4, -0.2) is 142 Å². The normalized spacial score (nSPS) is 26.1. The molecule has 0 saturated carbocycles.